The van der Waals surface area contributed by atoms with Crippen molar-refractivity contribution in [2.45, 2.75) is 6.54 Å². The Balaban J connectivity index is 2.11. The molecule has 1 N–H and O–H groups in total. The summed E-state index contributed by atoms with van der Waals surface area (Å²) in [5.74, 6) is -0.251. The van der Waals surface area contributed by atoms with Gasteiger partial charge in [-0.1, -0.05) is 30.3 Å². The Hall–Kier alpha value is -2.89. The molecule has 0 aromatic heterocycles. The average molecular weight is 286 g/mol. The topological polar surface area (TPSA) is 81.5 Å². The molecular formula is C15H14N2O4. The first kappa shape index (κ1) is 14.5. The molecule has 21 heavy (non-hydrogen) atoms. The molecule has 0 unspecified atom stereocenters. The summed E-state index contributed by atoms with van der Waals surface area (Å²) in [5.41, 5.74) is 1.12. The van der Waals surface area contributed by atoms with E-state index in [0.29, 0.717) is 12.1 Å². The van der Waals surface area contributed by atoms with Gasteiger partial charge >= 0.3 is 5.69 Å². The predicted octanol–water partition coefficient (Wildman–Crippen LogP) is 2.53. The molecule has 0 radical (unpaired) electrons. The second-order valence-corrected chi connectivity index (χ2v) is 4.31. The van der Waals surface area contributed by atoms with Gasteiger partial charge in [0.2, 0.25) is 0 Å². The standard InChI is InChI=1S/C15H14N2O4/c1-21-14-9-12(7-8-13(14)17(19)20)15(18)16-10-11-5-3-2-4-6-11/h2-9H,10H2,1H3,(H,16,18). The largest absolute Gasteiger partial charge is 0.490 e. The van der Waals surface area contributed by atoms with E-state index in [-0.39, 0.29) is 17.3 Å². The maximum absolute atomic E-state index is 12.0. The number of nitro groups is 1. The zero-order chi connectivity index (χ0) is 15.2. The number of carbonyl (C=O) groups is 1. The van der Waals surface area contributed by atoms with Gasteiger partial charge in [-0.25, -0.2) is 0 Å². The Labute approximate surface area is 121 Å². The minimum atomic E-state index is -0.551. The number of methoxy groups -OCH3 is 1. The van der Waals surface area contributed by atoms with E-state index < -0.39 is 4.92 Å². The molecule has 0 spiro atoms. The van der Waals surface area contributed by atoms with Gasteiger partial charge in [-0.2, -0.15) is 0 Å². The number of nitro benzene ring substituents is 1. The van der Waals surface area contributed by atoms with Crippen molar-refractivity contribution in [3.8, 4) is 5.75 Å². The van der Waals surface area contributed by atoms with Crippen LogP contribution < -0.4 is 10.1 Å². The molecule has 0 atom stereocenters. The van der Waals surface area contributed by atoms with Crippen molar-refractivity contribution in [1.82, 2.24) is 5.32 Å². The van der Waals surface area contributed by atoms with Gasteiger partial charge in [-0.3, -0.25) is 14.9 Å². The fourth-order valence-corrected chi connectivity index (χ4v) is 1.85. The smallest absolute Gasteiger partial charge is 0.310 e. The van der Waals surface area contributed by atoms with E-state index in [9.17, 15) is 14.9 Å². The molecule has 2 rings (SSSR count). The molecule has 0 aliphatic rings. The highest BCUT2D eigenvalue weighted by Crippen LogP contribution is 2.27. The fraction of sp³-hybridized carbons (Fsp3) is 0.133. The lowest BCUT2D eigenvalue weighted by atomic mass is 10.1. The minimum absolute atomic E-state index is 0.0624. The SMILES string of the molecule is COc1cc(C(=O)NCc2ccccc2)ccc1[N+](=O)[O-]. The summed E-state index contributed by atoms with van der Waals surface area (Å²) in [6.45, 7) is 0.388. The first-order valence-electron chi connectivity index (χ1n) is 6.26. The Morgan fingerprint density at radius 1 is 1.24 bits per heavy atom. The van der Waals surface area contributed by atoms with Gasteiger partial charge in [0.15, 0.2) is 5.75 Å². The first-order valence-corrected chi connectivity index (χ1v) is 6.26. The van der Waals surface area contributed by atoms with Crippen LogP contribution in [0.15, 0.2) is 48.5 Å². The Kier molecular flexibility index (Phi) is 4.50. The van der Waals surface area contributed by atoms with Crippen LogP contribution in [0.1, 0.15) is 15.9 Å². The minimum Gasteiger partial charge on any atom is -0.490 e. The van der Waals surface area contributed by atoms with Crippen molar-refractivity contribution < 1.29 is 14.5 Å². The van der Waals surface area contributed by atoms with Crippen molar-refractivity contribution in [2.24, 2.45) is 0 Å². The molecule has 108 valence electrons. The van der Waals surface area contributed by atoms with E-state index in [0.717, 1.165) is 5.56 Å². The molecule has 2 aromatic carbocycles. The van der Waals surface area contributed by atoms with E-state index in [1.54, 1.807) is 0 Å². The van der Waals surface area contributed by atoms with E-state index in [1.165, 1.54) is 25.3 Å². The van der Waals surface area contributed by atoms with Crippen LogP contribution >= 0.6 is 0 Å². The van der Waals surface area contributed by atoms with Crippen LogP contribution in [0.4, 0.5) is 5.69 Å². The Morgan fingerprint density at radius 2 is 1.95 bits per heavy atom. The molecule has 2 aromatic rings. The molecule has 6 nitrogen and oxygen atoms in total. The van der Waals surface area contributed by atoms with Gasteiger partial charge < -0.3 is 10.1 Å². The van der Waals surface area contributed by atoms with Gasteiger partial charge in [0.1, 0.15) is 0 Å². The number of nitrogens with one attached hydrogen (secondary N) is 1. The van der Waals surface area contributed by atoms with Crippen LogP contribution in [-0.4, -0.2) is 17.9 Å². The molecule has 1 amide bonds. The lowest BCUT2D eigenvalue weighted by molar-refractivity contribution is -0.385. The van der Waals surface area contributed by atoms with Gasteiger partial charge in [-0.05, 0) is 11.6 Å². The summed E-state index contributed by atoms with van der Waals surface area (Å²) in [4.78, 5) is 22.3. The van der Waals surface area contributed by atoms with Crippen molar-refractivity contribution in [3.63, 3.8) is 0 Å². The zero-order valence-electron chi connectivity index (χ0n) is 11.4. The number of nitrogens with zero attached hydrogens (tertiary/aromatic N) is 1. The van der Waals surface area contributed by atoms with E-state index in [1.807, 2.05) is 30.3 Å². The summed E-state index contributed by atoms with van der Waals surface area (Å²) < 4.78 is 4.94. The maximum atomic E-state index is 12.0. The molecule has 0 saturated carbocycles. The monoisotopic (exact) mass is 286 g/mol. The molecule has 6 heteroatoms. The highest BCUT2D eigenvalue weighted by molar-refractivity contribution is 5.95. The molecule has 0 fully saturated rings. The zero-order valence-corrected chi connectivity index (χ0v) is 11.4. The number of hydrogen-bond acceptors (Lipinski definition) is 4. The fourth-order valence-electron chi connectivity index (χ4n) is 1.85. The molecule has 0 aliphatic heterocycles. The number of hydrogen-bond donors (Lipinski definition) is 1. The molecule has 0 saturated heterocycles. The average Bonchev–Trinajstić information content (AvgIpc) is 2.52. The summed E-state index contributed by atoms with van der Waals surface area (Å²) in [7, 11) is 1.33. The first-order chi connectivity index (χ1) is 10.1. The summed E-state index contributed by atoms with van der Waals surface area (Å²) in [6, 6.07) is 13.5. The van der Waals surface area contributed by atoms with Crippen LogP contribution in [0.3, 0.4) is 0 Å². The van der Waals surface area contributed by atoms with Crippen molar-refractivity contribution >= 4 is 11.6 Å². The van der Waals surface area contributed by atoms with Crippen LogP contribution in [0.2, 0.25) is 0 Å². The van der Waals surface area contributed by atoms with Gasteiger partial charge in [0, 0.05) is 24.2 Å². The molecular weight excluding hydrogens is 272 g/mol. The third kappa shape index (κ3) is 3.56. The van der Waals surface area contributed by atoms with Crippen LogP contribution in [0.25, 0.3) is 0 Å². The Morgan fingerprint density at radius 3 is 2.57 bits per heavy atom. The summed E-state index contributed by atoms with van der Waals surface area (Å²) >= 11 is 0. The molecule has 0 heterocycles. The lowest BCUT2D eigenvalue weighted by Crippen LogP contribution is -2.22. The summed E-state index contributed by atoms with van der Waals surface area (Å²) in [6.07, 6.45) is 0. The highest BCUT2D eigenvalue weighted by atomic mass is 16.6. The second-order valence-electron chi connectivity index (χ2n) is 4.31. The normalized spacial score (nSPS) is 9.95. The molecule has 0 bridgehead atoms. The number of carbonyl (C=O) groups excluding carboxylic acids is 1. The number of amides is 1. The maximum Gasteiger partial charge on any atom is 0.310 e. The van der Waals surface area contributed by atoms with Crippen LogP contribution in [0, 0.1) is 10.1 Å². The number of rotatable bonds is 5. The van der Waals surface area contributed by atoms with Gasteiger partial charge in [-0.15, -0.1) is 0 Å². The van der Waals surface area contributed by atoms with Gasteiger partial charge in [0.25, 0.3) is 5.91 Å². The lowest BCUT2D eigenvalue weighted by Gasteiger charge is -2.07. The van der Waals surface area contributed by atoms with E-state index in [4.69, 9.17) is 4.74 Å². The third-order valence-corrected chi connectivity index (χ3v) is 2.93. The van der Waals surface area contributed by atoms with Crippen molar-refractivity contribution in [1.29, 1.82) is 0 Å². The summed E-state index contributed by atoms with van der Waals surface area (Å²) in [5, 5.41) is 13.5. The van der Waals surface area contributed by atoms with Gasteiger partial charge in [0.05, 0.1) is 12.0 Å². The second kappa shape index (κ2) is 6.51. The Bertz CT molecular complexity index is 656. The molecule has 0 aliphatic carbocycles. The van der Waals surface area contributed by atoms with Crippen LogP contribution in [-0.2, 0) is 6.54 Å². The quantitative estimate of drug-likeness (QED) is 0.676. The van der Waals surface area contributed by atoms with Crippen molar-refractivity contribution in [3.05, 3.63) is 69.8 Å². The van der Waals surface area contributed by atoms with E-state index >= 15 is 0 Å². The number of benzene rings is 2. The van der Waals surface area contributed by atoms with Crippen molar-refractivity contribution in [2.75, 3.05) is 7.11 Å². The van der Waals surface area contributed by atoms with Crippen LogP contribution in [0.5, 0.6) is 5.75 Å². The third-order valence-electron chi connectivity index (χ3n) is 2.93. The van der Waals surface area contributed by atoms with E-state index in [2.05, 4.69) is 5.32 Å². The highest BCUT2D eigenvalue weighted by Gasteiger charge is 2.17. The predicted molar refractivity (Wildman–Crippen MR) is 77.3 cm³/mol. The number of ether oxygens (including phenoxy) is 1.